The number of piperidine rings is 1. The third kappa shape index (κ3) is 3.31. The maximum Gasteiger partial charge on any atom is 0.243 e. The van der Waals surface area contributed by atoms with E-state index in [0.29, 0.717) is 22.6 Å². The lowest BCUT2D eigenvalue weighted by atomic mass is 10.0. The van der Waals surface area contributed by atoms with Gasteiger partial charge in [-0.2, -0.15) is 4.31 Å². The van der Waals surface area contributed by atoms with E-state index in [4.69, 9.17) is 11.6 Å². The quantitative estimate of drug-likeness (QED) is 0.892. The second-order valence-corrected chi connectivity index (χ2v) is 7.83. The first-order valence-electron chi connectivity index (χ1n) is 6.01. The van der Waals surface area contributed by atoms with Crippen molar-refractivity contribution in [2.45, 2.75) is 17.7 Å². The van der Waals surface area contributed by atoms with Crippen LogP contribution < -0.4 is 0 Å². The molecule has 1 fully saturated rings. The van der Waals surface area contributed by atoms with Gasteiger partial charge in [-0.1, -0.05) is 11.6 Å². The zero-order chi connectivity index (χ0) is 14.0. The summed E-state index contributed by atoms with van der Waals surface area (Å²) in [6, 6.07) is 4.58. The molecule has 1 aliphatic rings. The highest BCUT2D eigenvalue weighted by Gasteiger charge is 2.30. The molecule has 4 nitrogen and oxygen atoms in total. The van der Waals surface area contributed by atoms with E-state index < -0.39 is 10.0 Å². The Morgan fingerprint density at radius 2 is 2.21 bits per heavy atom. The highest BCUT2D eigenvalue weighted by atomic mass is 79.9. The lowest BCUT2D eigenvalue weighted by molar-refractivity contribution is 0.165. The molecule has 19 heavy (non-hydrogen) atoms. The van der Waals surface area contributed by atoms with Gasteiger partial charge >= 0.3 is 0 Å². The third-order valence-corrected chi connectivity index (χ3v) is 6.34. The molecule has 1 heterocycles. The van der Waals surface area contributed by atoms with Gasteiger partial charge in [0.25, 0.3) is 0 Å². The number of sulfonamides is 1. The molecule has 0 bridgehead atoms. The average Bonchev–Trinajstić information content (AvgIpc) is 2.41. The fraction of sp³-hybridized carbons (Fsp3) is 0.500. The number of hydrogen-bond donors (Lipinski definition) is 1. The topological polar surface area (TPSA) is 57.6 Å². The molecule has 0 saturated carbocycles. The molecule has 0 amide bonds. The standard InChI is InChI=1S/C12H15BrClNO3S/c13-11-6-10(3-4-12(11)14)19(17,18)15-5-1-2-9(7-15)8-16/h3-4,6,9,16H,1-2,5,7-8H2. The Bertz CT molecular complexity index is 564. The van der Waals surface area contributed by atoms with Crippen LogP contribution in [0.25, 0.3) is 0 Å². The van der Waals surface area contributed by atoms with Gasteiger partial charge in [-0.05, 0) is 52.9 Å². The van der Waals surface area contributed by atoms with Crippen LogP contribution in [0, 0.1) is 5.92 Å². The summed E-state index contributed by atoms with van der Waals surface area (Å²) in [5, 5.41) is 9.66. The van der Waals surface area contributed by atoms with Gasteiger partial charge in [0.2, 0.25) is 10.0 Å². The van der Waals surface area contributed by atoms with Gasteiger partial charge in [-0.15, -0.1) is 0 Å². The first-order chi connectivity index (χ1) is 8.95. The van der Waals surface area contributed by atoms with Crippen molar-refractivity contribution in [2.75, 3.05) is 19.7 Å². The van der Waals surface area contributed by atoms with Gasteiger partial charge in [-0.25, -0.2) is 8.42 Å². The number of aliphatic hydroxyl groups is 1. The fourth-order valence-corrected chi connectivity index (χ4v) is 4.41. The SMILES string of the molecule is O=S(=O)(c1ccc(Cl)c(Br)c1)N1CCCC(CO)C1. The van der Waals surface area contributed by atoms with Crippen molar-refractivity contribution in [3.05, 3.63) is 27.7 Å². The van der Waals surface area contributed by atoms with E-state index in [1.807, 2.05) is 0 Å². The highest BCUT2D eigenvalue weighted by Crippen LogP contribution is 2.28. The van der Waals surface area contributed by atoms with E-state index in [1.54, 1.807) is 6.07 Å². The largest absolute Gasteiger partial charge is 0.396 e. The molecule has 1 saturated heterocycles. The van der Waals surface area contributed by atoms with Gasteiger partial charge in [0.1, 0.15) is 0 Å². The molecule has 1 aromatic carbocycles. The van der Waals surface area contributed by atoms with E-state index in [-0.39, 0.29) is 17.4 Å². The van der Waals surface area contributed by atoms with E-state index in [2.05, 4.69) is 15.9 Å². The number of halogens is 2. The van der Waals surface area contributed by atoms with Crippen molar-refractivity contribution < 1.29 is 13.5 Å². The molecule has 7 heteroatoms. The normalized spacial score (nSPS) is 21.5. The summed E-state index contributed by atoms with van der Waals surface area (Å²) >= 11 is 9.11. The van der Waals surface area contributed by atoms with Crippen LogP contribution >= 0.6 is 27.5 Å². The van der Waals surface area contributed by atoms with Crippen LogP contribution in [-0.2, 0) is 10.0 Å². The maximum absolute atomic E-state index is 12.5. The molecule has 1 N–H and O–H groups in total. The van der Waals surface area contributed by atoms with E-state index in [1.165, 1.54) is 16.4 Å². The van der Waals surface area contributed by atoms with E-state index in [0.717, 1.165) is 12.8 Å². The van der Waals surface area contributed by atoms with Crippen LogP contribution in [0.5, 0.6) is 0 Å². The van der Waals surface area contributed by atoms with Crippen molar-refractivity contribution in [3.63, 3.8) is 0 Å². The van der Waals surface area contributed by atoms with Gasteiger partial charge in [0.15, 0.2) is 0 Å². The van der Waals surface area contributed by atoms with Gasteiger partial charge in [0, 0.05) is 24.2 Å². The summed E-state index contributed by atoms with van der Waals surface area (Å²) in [6.07, 6.45) is 1.64. The van der Waals surface area contributed by atoms with Crippen molar-refractivity contribution in [1.82, 2.24) is 4.31 Å². The summed E-state index contributed by atoms with van der Waals surface area (Å²) in [6.45, 7) is 0.897. The van der Waals surface area contributed by atoms with Gasteiger partial charge in [-0.3, -0.25) is 0 Å². The second-order valence-electron chi connectivity index (χ2n) is 4.63. The van der Waals surface area contributed by atoms with Gasteiger partial charge < -0.3 is 5.11 Å². The molecule has 1 aromatic rings. The first kappa shape index (κ1) is 15.3. The molecule has 0 radical (unpaired) electrons. The zero-order valence-electron chi connectivity index (χ0n) is 10.2. The molecule has 1 atom stereocenters. The van der Waals surface area contributed by atoms with Crippen LogP contribution in [0.4, 0.5) is 0 Å². The summed E-state index contributed by atoms with van der Waals surface area (Å²) in [5.74, 6) is 0.0271. The Balaban J connectivity index is 2.28. The number of benzene rings is 1. The van der Waals surface area contributed by atoms with Crippen LogP contribution in [-0.4, -0.2) is 37.5 Å². The van der Waals surface area contributed by atoms with Crippen LogP contribution in [0.2, 0.25) is 5.02 Å². The predicted molar refractivity (Wildman–Crippen MR) is 77.7 cm³/mol. The highest BCUT2D eigenvalue weighted by molar-refractivity contribution is 9.10. The van der Waals surface area contributed by atoms with Crippen LogP contribution in [0.3, 0.4) is 0 Å². The fourth-order valence-electron chi connectivity index (χ4n) is 2.18. The van der Waals surface area contributed by atoms with Crippen LogP contribution in [0.15, 0.2) is 27.6 Å². The van der Waals surface area contributed by atoms with Crippen molar-refractivity contribution >= 4 is 37.6 Å². The summed E-state index contributed by atoms with van der Waals surface area (Å²) in [4.78, 5) is 0.224. The smallest absolute Gasteiger partial charge is 0.243 e. The average molecular weight is 369 g/mol. The molecule has 106 valence electrons. The van der Waals surface area contributed by atoms with E-state index >= 15 is 0 Å². The first-order valence-corrected chi connectivity index (χ1v) is 8.62. The molecule has 2 rings (SSSR count). The minimum atomic E-state index is -3.51. The lowest BCUT2D eigenvalue weighted by Gasteiger charge is -2.31. The molecule has 1 unspecified atom stereocenters. The second kappa shape index (κ2) is 6.10. The number of rotatable bonds is 3. The van der Waals surface area contributed by atoms with Gasteiger partial charge in [0.05, 0.1) is 9.92 Å². The lowest BCUT2D eigenvalue weighted by Crippen LogP contribution is -2.40. The maximum atomic E-state index is 12.5. The van der Waals surface area contributed by atoms with E-state index in [9.17, 15) is 13.5 Å². The molecule has 0 aromatic heterocycles. The minimum Gasteiger partial charge on any atom is -0.396 e. The van der Waals surface area contributed by atoms with Crippen molar-refractivity contribution in [3.8, 4) is 0 Å². The Morgan fingerprint density at radius 3 is 2.84 bits per heavy atom. The Labute approximate surface area is 126 Å². The molecular formula is C12H15BrClNO3S. The van der Waals surface area contributed by atoms with Crippen molar-refractivity contribution in [2.24, 2.45) is 5.92 Å². The number of nitrogens with zero attached hydrogens (tertiary/aromatic N) is 1. The van der Waals surface area contributed by atoms with Crippen molar-refractivity contribution in [1.29, 1.82) is 0 Å². The number of hydrogen-bond acceptors (Lipinski definition) is 3. The third-order valence-electron chi connectivity index (χ3n) is 3.27. The predicted octanol–water partition coefficient (Wildman–Crippen LogP) is 2.50. The zero-order valence-corrected chi connectivity index (χ0v) is 13.4. The minimum absolute atomic E-state index is 0.0241. The Kier molecular flexibility index (Phi) is 4.89. The molecule has 0 aliphatic carbocycles. The number of aliphatic hydroxyl groups excluding tert-OH is 1. The summed E-state index contributed by atoms with van der Waals surface area (Å²) < 4.78 is 27.0. The Hall–Kier alpha value is -0.140. The van der Waals surface area contributed by atoms with Crippen LogP contribution in [0.1, 0.15) is 12.8 Å². The monoisotopic (exact) mass is 367 g/mol. The summed E-state index contributed by atoms with van der Waals surface area (Å²) in [7, 11) is -3.51. The molecular weight excluding hydrogens is 354 g/mol. The summed E-state index contributed by atoms with van der Waals surface area (Å²) in [5.41, 5.74) is 0. The Morgan fingerprint density at radius 1 is 1.47 bits per heavy atom. The molecule has 0 spiro atoms. The molecule has 1 aliphatic heterocycles.